The van der Waals surface area contributed by atoms with Crippen LogP contribution in [0.5, 0.6) is 0 Å². The quantitative estimate of drug-likeness (QED) is 0.489. The fraction of sp³-hybridized carbons (Fsp3) is 0.182. The Morgan fingerprint density at radius 1 is 1.55 bits per heavy atom. The van der Waals surface area contributed by atoms with Crippen molar-refractivity contribution in [2.45, 2.75) is 6.61 Å². The Kier molecular flexibility index (Phi) is 3.71. The minimum Gasteiger partial charge on any atom is -0.463 e. The molecular formula is C11H10N4O5. The van der Waals surface area contributed by atoms with Crippen molar-refractivity contribution in [2.24, 2.45) is 0 Å². The van der Waals surface area contributed by atoms with E-state index in [0.29, 0.717) is 5.56 Å². The minimum atomic E-state index is -0.738. The number of hydrogen-bond donors (Lipinski definition) is 1. The van der Waals surface area contributed by atoms with Crippen LogP contribution < -0.4 is 0 Å². The van der Waals surface area contributed by atoms with Gasteiger partial charge in [0.15, 0.2) is 0 Å². The summed E-state index contributed by atoms with van der Waals surface area (Å²) in [6.07, 6.45) is 1.17. The first-order chi connectivity index (χ1) is 9.56. The van der Waals surface area contributed by atoms with E-state index in [1.165, 1.54) is 31.6 Å². The van der Waals surface area contributed by atoms with Crippen LogP contribution in [0.15, 0.2) is 24.5 Å². The summed E-state index contributed by atoms with van der Waals surface area (Å²) < 4.78 is 5.56. The van der Waals surface area contributed by atoms with Gasteiger partial charge in [-0.25, -0.2) is 14.5 Å². The molecule has 0 unspecified atom stereocenters. The van der Waals surface area contributed by atoms with Gasteiger partial charge in [-0.2, -0.15) is 0 Å². The molecule has 0 fully saturated rings. The Labute approximate surface area is 112 Å². The number of benzene rings is 1. The zero-order valence-electron chi connectivity index (χ0n) is 10.4. The second-order valence-electron chi connectivity index (χ2n) is 3.74. The van der Waals surface area contributed by atoms with Gasteiger partial charge < -0.3 is 9.84 Å². The first-order valence-corrected chi connectivity index (χ1v) is 5.45. The van der Waals surface area contributed by atoms with Crippen LogP contribution in [0.3, 0.4) is 0 Å². The molecule has 2 rings (SSSR count). The van der Waals surface area contributed by atoms with E-state index >= 15 is 0 Å². The van der Waals surface area contributed by atoms with Crippen LogP contribution in [0.1, 0.15) is 16.2 Å². The van der Waals surface area contributed by atoms with Gasteiger partial charge in [0.05, 0.1) is 18.6 Å². The third-order valence-electron chi connectivity index (χ3n) is 2.53. The fourth-order valence-electron chi connectivity index (χ4n) is 1.57. The standard InChI is InChI=1S/C11H10N4O5/c1-20-11(17)10-12-6-14(13-10)8-3-2-7(5-16)4-9(8)15(18)19/h2-4,6,16H,5H2,1H3. The van der Waals surface area contributed by atoms with Crippen molar-refractivity contribution >= 4 is 11.7 Å². The van der Waals surface area contributed by atoms with E-state index < -0.39 is 10.9 Å². The topological polar surface area (TPSA) is 120 Å². The molecule has 0 aliphatic rings. The van der Waals surface area contributed by atoms with Gasteiger partial charge in [0, 0.05) is 6.07 Å². The first-order valence-electron chi connectivity index (χ1n) is 5.45. The second-order valence-corrected chi connectivity index (χ2v) is 3.74. The molecule has 0 saturated heterocycles. The monoisotopic (exact) mass is 278 g/mol. The van der Waals surface area contributed by atoms with Gasteiger partial charge in [0.25, 0.3) is 11.5 Å². The number of aliphatic hydroxyl groups excluding tert-OH is 1. The van der Waals surface area contributed by atoms with Crippen LogP contribution in [-0.2, 0) is 11.3 Å². The van der Waals surface area contributed by atoms with E-state index in [-0.39, 0.29) is 23.8 Å². The summed E-state index contributed by atoms with van der Waals surface area (Å²) in [5.41, 5.74) is 0.279. The molecule has 9 nitrogen and oxygen atoms in total. The van der Waals surface area contributed by atoms with Gasteiger partial charge in [-0.05, 0) is 11.6 Å². The Balaban J connectivity index is 2.49. The molecular weight excluding hydrogens is 268 g/mol. The normalized spacial score (nSPS) is 10.3. The number of esters is 1. The maximum absolute atomic E-state index is 11.2. The van der Waals surface area contributed by atoms with Crippen molar-refractivity contribution in [1.29, 1.82) is 0 Å². The third kappa shape index (κ3) is 2.47. The summed E-state index contributed by atoms with van der Waals surface area (Å²) in [4.78, 5) is 25.4. The molecule has 0 spiro atoms. The molecule has 0 radical (unpaired) electrons. The SMILES string of the molecule is COC(=O)c1ncn(-c2ccc(CO)cc2[N+](=O)[O-])n1. The lowest BCUT2D eigenvalue weighted by Gasteiger charge is -2.03. The highest BCUT2D eigenvalue weighted by Gasteiger charge is 2.19. The highest BCUT2D eigenvalue weighted by molar-refractivity contribution is 5.84. The first kappa shape index (κ1) is 13.6. The van der Waals surface area contributed by atoms with Crippen LogP contribution in [0.2, 0.25) is 0 Å². The summed E-state index contributed by atoms with van der Waals surface area (Å²) in [5, 5.41) is 23.8. The molecule has 20 heavy (non-hydrogen) atoms. The average molecular weight is 278 g/mol. The summed E-state index contributed by atoms with van der Waals surface area (Å²) in [6, 6.07) is 4.16. The largest absolute Gasteiger partial charge is 0.463 e. The molecule has 104 valence electrons. The number of aliphatic hydroxyl groups is 1. The molecule has 1 aromatic heterocycles. The molecule has 0 aliphatic carbocycles. The molecule has 1 aromatic carbocycles. The molecule has 9 heteroatoms. The lowest BCUT2D eigenvalue weighted by molar-refractivity contribution is -0.384. The van der Waals surface area contributed by atoms with E-state index in [0.717, 1.165) is 4.68 Å². The van der Waals surface area contributed by atoms with Gasteiger partial charge in [0.1, 0.15) is 12.0 Å². The van der Waals surface area contributed by atoms with Crippen LogP contribution in [0.25, 0.3) is 5.69 Å². The number of nitro benzene ring substituents is 1. The number of carbonyl (C=O) groups is 1. The zero-order valence-corrected chi connectivity index (χ0v) is 10.4. The van der Waals surface area contributed by atoms with Gasteiger partial charge in [-0.3, -0.25) is 10.1 Å². The summed E-state index contributed by atoms with van der Waals surface area (Å²) >= 11 is 0. The number of hydrogen-bond acceptors (Lipinski definition) is 7. The van der Waals surface area contributed by atoms with E-state index in [4.69, 9.17) is 5.11 Å². The van der Waals surface area contributed by atoms with Crippen molar-refractivity contribution in [2.75, 3.05) is 7.11 Å². The smallest absolute Gasteiger partial charge is 0.377 e. The van der Waals surface area contributed by atoms with Gasteiger partial charge in [0.2, 0.25) is 0 Å². The number of methoxy groups -OCH3 is 1. The maximum Gasteiger partial charge on any atom is 0.377 e. The van der Waals surface area contributed by atoms with Crippen molar-refractivity contribution in [3.8, 4) is 5.69 Å². The fourth-order valence-corrected chi connectivity index (χ4v) is 1.57. The summed E-state index contributed by atoms with van der Waals surface area (Å²) in [7, 11) is 1.18. The molecule has 0 amide bonds. The Morgan fingerprint density at radius 3 is 2.90 bits per heavy atom. The Hall–Kier alpha value is -2.81. The van der Waals surface area contributed by atoms with Crippen molar-refractivity contribution in [3.63, 3.8) is 0 Å². The second kappa shape index (κ2) is 5.45. The van der Waals surface area contributed by atoms with Gasteiger partial charge in [-0.1, -0.05) is 6.07 Å². The molecule has 2 aromatic rings. The lowest BCUT2D eigenvalue weighted by atomic mass is 10.2. The Morgan fingerprint density at radius 2 is 2.30 bits per heavy atom. The maximum atomic E-state index is 11.2. The number of nitrogens with zero attached hydrogens (tertiary/aromatic N) is 4. The zero-order chi connectivity index (χ0) is 14.7. The van der Waals surface area contributed by atoms with Crippen LogP contribution >= 0.6 is 0 Å². The van der Waals surface area contributed by atoms with Crippen LogP contribution in [0.4, 0.5) is 5.69 Å². The lowest BCUT2D eigenvalue weighted by Crippen LogP contribution is -2.06. The van der Waals surface area contributed by atoms with Crippen molar-refractivity contribution in [1.82, 2.24) is 14.8 Å². The van der Waals surface area contributed by atoms with Gasteiger partial charge in [-0.15, -0.1) is 5.10 Å². The molecule has 0 aliphatic heterocycles. The predicted octanol–water partition coefficient (Wildman–Crippen LogP) is 0.454. The van der Waals surface area contributed by atoms with Crippen molar-refractivity contribution < 1.29 is 19.6 Å². The summed E-state index contributed by atoms with van der Waals surface area (Å²) in [5.74, 6) is -0.939. The number of nitro groups is 1. The molecule has 1 N–H and O–H groups in total. The van der Waals surface area contributed by atoms with Gasteiger partial charge >= 0.3 is 5.97 Å². The number of carbonyl (C=O) groups excluding carboxylic acids is 1. The number of rotatable bonds is 4. The number of ether oxygens (including phenoxy) is 1. The minimum absolute atomic E-state index is 0.134. The Bertz CT molecular complexity index is 667. The molecule has 0 atom stereocenters. The highest BCUT2D eigenvalue weighted by atomic mass is 16.6. The molecule has 0 bridgehead atoms. The molecule has 1 heterocycles. The van der Waals surface area contributed by atoms with Crippen molar-refractivity contribution in [3.05, 3.63) is 46.0 Å². The van der Waals surface area contributed by atoms with E-state index in [1.807, 2.05) is 0 Å². The van der Waals surface area contributed by atoms with E-state index in [2.05, 4.69) is 14.8 Å². The van der Waals surface area contributed by atoms with Crippen LogP contribution in [0, 0.1) is 10.1 Å². The number of aromatic nitrogens is 3. The third-order valence-corrected chi connectivity index (χ3v) is 2.53. The highest BCUT2D eigenvalue weighted by Crippen LogP contribution is 2.23. The van der Waals surface area contributed by atoms with E-state index in [9.17, 15) is 14.9 Å². The van der Waals surface area contributed by atoms with Crippen LogP contribution in [-0.4, -0.2) is 37.9 Å². The van der Waals surface area contributed by atoms with E-state index in [1.54, 1.807) is 0 Å². The summed E-state index contributed by atoms with van der Waals surface area (Å²) in [6.45, 7) is -0.314. The molecule has 0 saturated carbocycles. The average Bonchev–Trinajstić information content (AvgIpc) is 2.95. The predicted molar refractivity (Wildman–Crippen MR) is 65.3 cm³/mol.